The molecule has 1 atom stereocenters. The largest absolute Gasteiger partial charge is 0.480 e. The molecule has 1 unspecified atom stereocenters. The number of carbonyl (C=O) groups excluding carboxylic acids is 2. The second kappa shape index (κ2) is 8.25. The molecule has 144 valence electrons. The number of likely N-dealkylation sites (tertiary alicyclic amines) is 1. The van der Waals surface area contributed by atoms with Gasteiger partial charge in [0.15, 0.2) is 0 Å². The van der Waals surface area contributed by atoms with Crippen LogP contribution in [0.25, 0.3) is 5.69 Å². The quantitative estimate of drug-likeness (QED) is 0.793. The molecule has 1 saturated heterocycles. The fraction of sp³-hybridized carbons (Fsp3) is 0.500. The fourth-order valence-corrected chi connectivity index (χ4v) is 4.14. The number of rotatable bonds is 5. The number of tetrazole rings is 1. The van der Waals surface area contributed by atoms with Gasteiger partial charge in [-0.3, -0.25) is 14.4 Å². The third-order valence-electron chi connectivity index (χ3n) is 4.57. The van der Waals surface area contributed by atoms with Gasteiger partial charge in [0.2, 0.25) is 5.91 Å². The van der Waals surface area contributed by atoms with E-state index in [1.54, 1.807) is 11.0 Å². The van der Waals surface area contributed by atoms with Crippen LogP contribution in [0.5, 0.6) is 0 Å². The molecule has 10 nitrogen and oxygen atoms in total. The Bertz CT molecular complexity index is 821. The van der Waals surface area contributed by atoms with Crippen LogP contribution >= 0.6 is 11.3 Å². The molecular weight excluding hydrogens is 372 g/mol. The van der Waals surface area contributed by atoms with Gasteiger partial charge in [-0.05, 0) is 41.1 Å². The number of carbonyl (C=O) groups is 3. The number of aliphatic carboxylic acids is 1. The van der Waals surface area contributed by atoms with Crippen LogP contribution in [0.15, 0.2) is 17.8 Å². The van der Waals surface area contributed by atoms with Crippen LogP contribution in [0, 0.1) is 0 Å². The normalized spacial score (nSPS) is 17.4. The molecule has 0 spiro atoms. The molecule has 11 heteroatoms. The molecule has 2 aromatic heterocycles. The number of aromatic nitrogens is 4. The molecule has 2 amide bonds. The monoisotopic (exact) mass is 392 g/mol. The molecule has 0 saturated carbocycles. The second-order valence-corrected chi connectivity index (χ2v) is 7.22. The van der Waals surface area contributed by atoms with Crippen molar-refractivity contribution in [2.45, 2.75) is 32.2 Å². The summed E-state index contributed by atoms with van der Waals surface area (Å²) in [5.74, 6) is -1.41. The first-order chi connectivity index (χ1) is 13.0. The predicted molar refractivity (Wildman–Crippen MR) is 95.6 cm³/mol. The van der Waals surface area contributed by atoms with Crippen molar-refractivity contribution in [2.75, 3.05) is 19.6 Å². The highest BCUT2D eigenvalue weighted by atomic mass is 32.1. The van der Waals surface area contributed by atoms with E-state index in [1.165, 1.54) is 34.2 Å². The van der Waals surface area contributed by atoms with Crippen LogP contribution in [-0.2, 0) is 9.59 Å². The van der Waals surface area contributed by atoms with Crippen molar-refractivity contribution < 1.29 is 19.5 Å². The molecule has 3 heterocycles. The summed E-state index contributed by atoms with van der Waals surface area (Å²) in [6, 6.07) is 1.61. The van der Waals surface area contributed by atoms with E-state index in [2.05, 4.69) is 15.5 Å². The summed E-state index contributed by atoms with van der Waals surface area (Å²) in [6.45, 7) is 2.07. The van der Waals surface area contributed by atoms with Crippen molar-refractivity contribution in [1.29, 1.82) is 0 Å². The number of carboxylic acids is 1. The number of thiophene rings is 1. The first kappa shape index (κ1) is 19.0. The standard InChI is InChI=1S/C16H20N6O4S/c1-11(23)21(9-14(24)25)12-3-2-6-20(7-4-12)16(26)15-13(5-8-27-15)22-10-17-18-19-22/h5,8,10,12H,2-4,6-7,9H2,1H3,(H,24,25). The SMILES string of the molecule is CC(=O)N(CC(=O)O)C1CCCN(C(=O)c2sccc2-n2cnnn2)CC1. The Kier molecular flexibility index (Phi) is 5.79. The summed E-state index contributed by atoms with van der Waals surface area (Å²) in [5, 5.41) is 21.9. The van der Waals surface area contributed by atoms with Gasteiger partial charge < -0.3 is 14.9 Å². The van der Waals surface area contributed by atoms with E-state index in [0.29, 0.717) is 42.9 Å². The Morgan fingerprint density at radius 3 is 2.81 bits per heavy atom. The van der Waals surface area contributed by atoms with Crippen LogP contribution in [-0.4, -0.2) is 78.6 Å². The highest BCUT2D eigenvalue weighted by Gasteiger charge is 2.29. The maximum absolute atomic E-state index is 13.0. The maximum atomic E-state index is 13.0. The number of carboxylic acid groups (broad SMARTS) is 1. The highest BCUT2D eigenvalue weighted by molar-refractivity contribution is 7.12. The van der Waals surface area contributed by atoms with Gasteiger partial charge in [-0.2, -0.15) is 4.68 Å². The summed E-state index contributed by atoms with van der Waals surface area (Å²) in [6.07, 6.45) is 3.35. The molecule has 1 aliphatic heterocycles. The Morgan fingerprint density at radius 1 is 1.33 bits per heavy atom. The van der Waals surface area contributed by atoms with Crippen LogP contribution in [0.4, 0.5) is 0 Å². The van der Waals surface area contributed by atoms with Crippen molar-refractivity contribution in [1.82, 2.24) is 30.0 Å². The van der Waals surface area contributed by atoms with E-state index in [9.17, 15) is 14.4 Å². The zero-order valence-electron chi connectivity index (χ0n) is 14.8. The average molecular weight is 392 g/mol. The molecule has 0 aliphatic carbocycles. The minimum absolute atomic E-state index is 0.108. The first-order valence-electron chi connectivity index (χ1n) is 8.56. The van der Waals surface area contributed by atoms with E-state index >= 15 is 0 Å². The molecule has 1 aliphatic rings. The number of hydrogen-bond donors (Lipinski definition) is 1. The summed E-state index contributed by atoms with van der Waals surface area (Å²) < 4.78 is 1.45. The number of nitrogens with zero attached hydrogens (tertiary/aromatic N) is 6. The molecule has 1 fully saturated rings. The first-order valence-corrected chi connectivity index (χ1v) is 9.44. The van der Waals surface area contributed by atoms with E-state index in [1.807, 2.05) is 5.38 Å². The van der Waals surface area contributed by atoms with Crippen molar-refractivity contribution in [3.8, 4) is 5.69 Å². The van der Waals surface area contributed by atoms with E-state index in [0.717, 1.165) is 0 Å². The van der Waals surface area contributed by atoms with Crippen LogP contribution < -0.4 is 0 Å². The van der Waals surface area contributed by atoms with Gasteiger partial charge in [-0.15, -0.1) is 16.4 Å². The van der Waals surface area contributed by atoms with Crippen LogP contribution in [0.3, 0.4) is 0 Å². The Hall–Kier alpha value is -2.82. The summed E-state index contributed by atoms with van der Waals surface area (Å²) >= 11 is 1.33. The molecule has 0 aromatic carbocycles. The highest BCUT2D eigenvalue weighted by Crippen LogP contribution is 2.24. The summed E-state index contributed by atoms with van der Waals surface area (Å²) in [5.41, 5.74) is 0.632. The second-order valence-electron chi connectivity index (χ2n) is 6.31. The van der Waals surface area contributed by atoms with Gasteiger partial charge in [0.05, 0.1) is 5.69 Å². The van der Waals surface area contributed by atoms with Crippen molar-refractivity contribution in [2.24, 2.45) is 0 Å². The molecule has 0 radical (unpaired) electrons. The molecule has 0 bridgehead atoms. The smallest absolute Gasteiger partial charge is 0.323 e. The lowest BCUT2D eigenvalue weighted by Crippen LogP contribution is -2.43. The van der Waals surface area contributed by atoms with Gasteiger partial charge in [-0.25, -0.2) is 0 Å². The Labute approximate surface area is 159 Å². The molecule has 3 rings (SSSR count). The topological polar surface area (TPSA) is 122 Å². The molecule has 27 heavy (non-hydrogen) atoms. The Morgan fingerprint density at radius 2 is 2.15 bits per heavy atom. The third kappa shape index (κ3) is 4.30. The lowest BCUT2D eigenvalue weighted by Gasteiger charge is -2.28. The molecule has 2 aromatic rings. The van der Waals surface area contributed by atoms with Gasteiger partial charge in [0.1, 0.15) is 17.7 Å². The van der Waals surface area contributed by atoms with E-state index in [4.69, 9.17) is 5.11 Å². The Balaban J connectivity index is 1.71. The lowest BCUT2D eigenvalue weighted by molar-refractivity contribution is -0.145. The maximum Gasteiger partial charge on any atom is 0.323 e. The number of amides is 2. The van der Waals surface area contributed by atoms with Gasteiger partial charge >= 0.3 is 5.97 Å². The van der Waals surface area contributed by atoms with Crippen LogP contribution in [0.2, 0.25) is 0 Å². The van der Waals surface area contributed by atoms with Crippen LogP contribution in [0.1, 0.15) is 35.9 Å². The lowest BCUT2D eigenvalue weighted by atomic mass is 10.1. The fourth-order valence-electron chi connectivity index (χ4n) is 3.30. The van der Waals surface area contributed by atoms with Gasteiger partial charge in [-0.1, -0.05) is 0 Å². The van der Waals surface area contributed by atoms with E-state index < -0.39 is 5.97 Å². The molecule has 1 N–H and O–H groups in total. The van der Waals surface area contributed by atoms with Crippen molar-refractivity contribution >= 4 is 29.1 Å². The average Bonchev–Trinajstić information content (AvgIpc) is 3.26. The molecular formula is C16H20N6O4S. The predicted octanol–water partition coefficient (Wildman–Crippen LogP) is 0.652. The van der Waals surface area contributed by atoms with E-state index in [-0.39, 0.29) is 24.4 Å². The minimum atomic E-state index is -1.04. The van der Waals surface area contributed by atoms with Crippen molar-refractivity contribution in [3.63, 3.8) is 0 Å². The third-order valence-corrected chi connectivity index (χ3v) is 5.46. The number of hydrogen-bond acceptors (Lipinski definition) is 7. The van der Waals surface area contributed by atoms with Crippen molar-refractivity contribution in [3.05, 3.63) is 22.7 Å². The minimum Gasteiger partial charge on any atom is -0.480 e. The zero-order chi connectivity index (χ0) is 19.4. The zero-order valence-corrected chi connectivity index (χ0v) is 15.6. The van der Waals surface area contributed by atoms with Gasteiger partial charge in [0.25, 0.3) is 5.91 Å². The summed E-state index contributed by atoms with van der Waals surface area (Å²) in [4.78, 5) is 39.6. The van der Waals surface area contributed by atoms with Gasteiger partial charge in [0, 0.05) is 26.1 Å². The summed E-state index contributed by atoms with van der Waals surface area (Å²) in [7, 11) is 0.